The first-order valence-electron chi connectivity index (χ1n) is 4.74. The summed E-state index contributed by atoms with van der Waals surface area (Å²) in [6.07, 6.45) is 2.70. The Balaban J connectivity index is 2.39. The summed E-state index contributed by atoms with van der Waals surface area (Å²) in [6.45, 7) is 7.24. The van der Waals surface area contributed by atoms with Crippen molar-refractivity contribution in [1.82, 2.24) is 0 Å². The minimum Gasteiger partial charge on any atom is -0.462 e. The lowest BCUT2D eigenvalue weighted by molar-refractivity contribution is 0.109. The van der Waals surface area contributed by atoms with Crippen molar-refractivity contribution < 1.29 is 9.15 Å². The molecule has 0 saturated heterocycles. The third kappa shape index (κ3) is 3.01. The normalized spacial score (nSPS) is 10.4. The van der Waals surface area contributed by atoms with Crippen molar-refractivity contribution in [1.29, 1.82) is 0 Å². The molecule has 0 aliphatic carbocycles. The molecule has 0 aliphatic heterocycles. The highest BCUT2D eigenvalue weighted by molar-refractivity contribution is 5.19. The minimum atomic E-state index is 0.443. The van der Waals surface area contributed by atoms with Gasteiger partial charge in [-0.1, -0.05) is 6.08 Å². The molecule has 0 saturated carbocycles. The summed E-state index contributed by atoms with van der Waals surface area (Å²) in [7, 11) is 0. The molecule has 3 heteroatoms. The van der Waals surface area contributed by atoms with Gasteiger partial charge in [0.05, 0.1) is 13.2 Å². The van der Waals surface area contributed by atoms with Crippen LogP contribution in [0.1, 0.15) is 23.5 Å². The molecule has 0 aliphatic rings. The van der Waals surface area contributed by atoms with Gasteiger partial charge in [0.2, 0.25) is 0 Å². The zero-order valence-electron chi connectivity index (χ0n) is 8.58. The zero-order chi connectivity index (χ0) is 10.4. The predicted octanol–water partition coefficient (Wildman–Crippen LogP) is 2.14. The number of nitrogens with two attached hydrogens (primary N) is 1. The highest BCUT2D eigenvalue weighted by atomic mass is 16.5. The van der Waals surface area contributed by atoms with Crippen molar-refractivity contribution in [2.24, 2.45) is 5.73 Å². The third-order valence-electron chi connectivity index (χ3n) is 1.97. The number of furan rings is 1. The van der Waals surface area contributed by atoms with E-state index >= 15 is 0 Å². The second-order valence-corrected chi connectivity index (χ2v) is 3.15. The van der Waals surface area contributed by atoms with Gasteiger partial charge in [-0.2, -0.15) is 0 Å². The van der Waals surface area contributed by atoms with Gasteiger partial charge in [-0.05, 0) is 25.0 Å². The highest BCUT2D eigenvalue weighted by Crippen LogP contribution is 2.14. The Morgan fingerprint density at radius 3 is 3.00 bits per heavy atom. The molecule has 0 atom stereocenters. The Labute approximate surface area is 84.5 Å². The van der Waals surface area contributed by atoms with Crippen LogP contribution in [-0.4, -0.2) is 6.61 Å². The Morgan fingerprint density at radius 1 is 1.64 bits per heavy atom. The van der Waals surface area contributed by atoms with Gasteiger partial charge >= 0.3 is 0 Å². The van der Waals surface area contributed by atoms with E-state index in [-0.39, 0.29) is 0 Å². The molecule has 2 N–H and O–H groups in total. The van der Waals surface area contributed by atoms with E-state index < -0.39 is 0 Å². The van der Waals surface area contributed by atoms with E-state index in [2.05, 4.69) is 6.58 Å². The molecule has 0 fully saturated rings. The van der Waals surface area contributed by atoms with Crippen molar-refractivity contribution in [2.45, 2.75) is 26.5 Å². The summed E-state index contributed by atoms with van der Waals surface area (Å²) in [6, 6.07) is 1.97. The molecule has 1 heterocycles. The summed E-state index contributed by atoms with van der Waals surface area (Å²) >= 11 is 0. The fourth-order valence-electron chi connectivity index (χ4n) is 1.20. The minimum absolute atomic E-state index is 0.443. The standard InChI is InChI=1S/C11H17NO2/c1-3-4-5-13-8-10-6-9(2)11(7-12)14-10/h3,6H,1,4-5,7-8,12H2,2H3. The predicted molar refractivity (Wildman–Crippen MR) is 55.8 cm³/mol. The van der Waals surface area contributed by atoms with Crippen LogP contribution < -0.4 is 5.73 Å². The average Bonchev–Trinajstić information content (AvgIpc) is 2.54. The zero-order valence-corrected chi connectivity index (χ0v) is 8.58. The van der Waals surface area contributed by atoms with Crippen LogP contribution in [0.15, 0.2) is 23.1 Å². The maximum atomic E-state index is 5.49. The van der Waals surface area contributed by atoms with Gasteiger partial charge in [-0.3, -0.25) is 0 Å². The van der Waals surface area contributed by atoms with Crippen LogP contribution in [0.4, 0.5) is 0 Å². The van der Waals surface area contributed by atoms with Crippen LogP contribution in [0.25, 0.3) is 0 Å². The summed E-state index contributed by atoms with van der Waals surface area (Å²) in [4.78, 5) is 0. The second-order valence-electron chi connectivity index (χ2n) is 3.15. The molecule has 3 nitrogen and oxygen atoms in total. The van der Waals surface area contributed by atoms with E-state index in [1.807, 2.05) is 19.1 Å². The van der Waals surface area contributed by atoms with Crippen LogP contribution in [-0.2, 0) is 17.9 Å². The van der Waals surface area contributed by atoms with Gasteiger partial charge in [0.1, 0.15) is 18.1 Å². The lowest BCUT2D eigenvalue weighted by Gasteiger charge is -1.98. The Kier molecular flexibility index (Phi) is 4.43. The van der Waals surface area contributed by atoms with Crippen molar-refractivity contribution in [3.8, 4) is 0 Å². The molecular weight excluding hydrogens is 178 g/mol. The van der Waals surface area contributed by atoms with E-state index in [0.29, 0.717) is 19.8 Å². The van der Waals surface area contributed by atoms with E-state index in [4.69, 9.17) is 14.9 Å². The number of hydrogen-bond donors (Lipinski definition) is 1. The Bertz CT molecular complexity index is 291. The number of hydrogen-bond acceptors (Lipinski definition) is 3. The van der Waals surface area contributed by atoms with Crippen molar-refractivity contribution in [3.05, 3.63) is 35.8 Å². The van der Waals surface area contributed by atoms with Crippen LogP contribution in [0.5, 0.6) is 0 Å². The first-order chi connectivity index (χ1) is 6.77. The van der Waals surface area contributed by atoms with Crippen LogP contribution in [0, 0.1) is 6.92 Å². The number of aryl methyl sites for hydroxylation is 1. The van der Waals surface area contributed by atoms with Crippen molar-refractivity contribution in [3.63, 3.8) is 0 Å². The monoisotopic (exact) mass is 195 g/mol. The molecule has 1 aromatic heterocycles. The lowest BCUT2D eigenvalue weighted by atomic mass is 10.3. The molecule has 0 unspecified atom stereocenters. The fourth-order valence-corrected chi connectivity index (χ4v) is 1.20. The summed E-state index contributed by atoms with van der Waals surface area (Å²) < 4.78 is 10.8. The fraction of sp³-hybridized carbons (Fsp3) is 0.455. The van der Waals surface area contributed by atoms with Gasteiger partial charge in [0, 0.05) is 0 Å². The van der Waals surface area contributed by atoms with Crippen LogP contribution in [0.2, 0.25) is 0 Å². The Hall–Kier alpha value is -1.06. The molecule has 0 bridgehead atoms. The molecule has 78 valence electrons. The molecule has 14 heavy (non-hydrogen) atoms. The van der Waals surface area contributed by atoms with Crippen LogP contribution >= 0.6 is 0 Å². The van der Waals surface area contributed by atoms with Crippen molar-refractivity contribution >= 4 is 0 Å². The Morgan fingerprint density at radius 2 is 2.43 bits per heavy atom. The van der Waals surface area contributed by atoms with Gasteiger partial charge in [0.25, 0.3) is 0 Å². The molecule has 1 aromatic rings. The van der Waals surface area contributed by atoms with E-state index in [9.17, 15) is 0 Å². The van der Waals surface area contributed by atoms with Gasteiger partial charge < -0.3 is 14.9 Å². The molecule has 0 radical (unpaired) electrons. The third-order valence-corrected chi connectivity index (χ3v) is 1.97. The average molecular weight is 195 g/mol. The maximum Gasteiger partial charge on any atom is 0.130 e. The first kappa shape index (κ1) is 11.0. The van der Waals surface area contributed by atoms with E-state index in [1.165, 1.54) is 0 Å². The lowest BCUT2D eigenvalue weighted by Crippen LogP contribution is -1.95. The van der Waals surface area contributed by atoms with E-state index in [0.717, 1.165) is 23.5 Å². The van der Waals surface area contributed by atoms with Crippen molar-refractivity contribution in [2.75, 3.05) is 6.61 Å². The quantitative estimate of drug-likeness (QED) is 0.559. The molecular formula is C11H17NO2. The van der Waals surface area contributed by atoms with Crippen LogP contribution in [0.3, 0.4) is 0 Å². The largest absolute Gasteiger partial charge is 0.462 e. The molecule has 0 spiro atoms. The van der Waals surface area contributed by atoms with Gasteiger partial charge in [0.15, 0.2) is 0 Å². The van der Waals surface area contributed by atoms with Gasteiger partial charge in [-0.15, -0.1) is 6.58 Å². The van der Waals surface area contributed by atoms with E-state index in [1.54, 1.807) is 0 Å². The summed E-state index contributed by atoms with van der Waals surface area (Å²) in [5.74, 6) is 1.68. The summed E-state index contributed by atoms with van der Waals surface area (Å²) in [5, 5.41) is 0. The second kappa shape index (κ2) is 5.62. The van der Waals surface area contributed by atoms with Gasteiger partial charge in [-0.25, -0.2) is 0 Å². The molecule has 0 aromatic carbocycles. The number of rotatable bonds is 6. The highest BCUT2D eigenvalue weighted by Gasteiger charge is 2.05. The maximum absolute atomic E-state index is 5.49. The molecule has 1 rings (SSSR count). The first-order valence-corrected chi connectivity index (χ1v) is 4.74. The topological polar surface area (TPSA) is 48.4 Å². The smallest absolute Gasteiger partial charge is 0.130 e. The SMILES string of the molecule is C=CCCOCc1cc(C)c(CN)o1. The number of ether oxygens (including phenoxy) is 1. The summed E-state index contributed by atoms with van der Waals surface area (Å²) in [5.41, 5.74) is 6.58. The molecule has 0 amide bonds.